The first kappa shape index (κ1) is 39.9. The summed E-state index contributed by atoms with van der Waals surface area (Å²) in [6, 6.07) is 27.7. The van der Waals surface area contributed by atoms with Crippen LogP contribution in [-0.4, -0.2) is 62.8 Å². The number of benzene rings is 4. The summed E-state index contributed by atoms with van der Waals surface area (Å²) in [5.74, 6) is -1.20. The molecule has 12 heteroatoms. The lowest BCUT2D eigenvalue weighted by Gasteiger charge is -2.24. The molecule has 0 saturated heterocycles. The molecule has 0 aliphatic carbocycles. The molecule has 0 aliphatic heterocycles. The Bertz CT molecular complexity index is 1840. The van der Waals surface area contributed by atoms with Crippen LogP contribution in [-0.2, 0) is 38.8 Å². The molecule has 4 aromatic rings. The zero-order valence-electron chi connectivity index (χ0n) is 28.9. The standard InChI is InChI=1S/C20H21NO5.C20H19NO5/c1-3-12-21(20(24)26-14-15-8-5-4-6-9-15)18-11-7-10-16(17(18)13-22)19(23)25-2;1-3-9-21(20(24)26-14-15-7-5-4-6-8-15)18-11-16(13-22)10-17(12-18)19(23)25-2/h3-11,22H,1,12-14H2,2H3;3-8,10-13H,1,9,14H2,2H3. The minimum absolute atomic E-state index is 0.102. The van der Waals surface area contributed by atoms with Crippen molar-refractivity contribution in [1.29, 1.82) is 0 Å². The van der Waals surface area contributed by atoms with Crippen molar-refractivity contribution in [3.8, 4) is 0 Å². The third-order valence-electron chi connectivity index (χ3n) is 7.29. The largest absolute Gasteiger partial charge is 0.465 e. The molecule has 0 spiro atoms. The summed E-state index contributed by atoms with van der Waals surface area (Å²) in [7, 11) is 2.50. The second-order valence-electron chi connectivity index (χ2n) is 10.8. The maximum atomic E-state index is 12.6. The van der Waals surface area contributed by atoms with E-state index < -0.39 is 30.7 Å². The number of methoxy groups -OCH3 is 2. The highest BCUT2D eigenvalue weighted by Gasteiger charge is 2.23. The second-order valence-corrected chi connectivity index (χ2v) is 10.8. The third kappa shape index (κ3) is 11.3. The van der Waals surface area contributed by atoms with Gasteiger partial charge in [-0.25, -0.2) is 19.2 Å². The van der Waals surface area contributed by atoms with Gasteiger partial charge >= 0.3 is 24.1 Å². The molecule has 0 aliphatic rings. The monoisotopic (exact) mass is 708 g/mol. The van der Waals surface area contributed by atoms with Crippen LogP contribution in [0.2, 0.25) is 0 Å². The van der Waals surface area contributed by atoms with Crippen molar-refractivity contribution in [3.05, 3.63) is 156 Å². The van der Waals surface area contributed by atoms with Gasteiger partial charge in [0.1, 0.15) is 19.5 Å². The normalized spacial score (nSPS) is 9.98. The Morgan fingerprint density at radius 2 is 1.23 bits per heavy atom. The van der Waals surface area contributed by atoms with Gasteiger partial charge in [-0.05, 0) is 41.5 Å². The minimum atomic E-state index is -0.618. The number of carbonyl (C=O) groups is 5. The molecule has 0 saturated carbocycles. The van der Waals surface area contributed by atoms with Crippen LogP contribution in [0.5, 0.6) is 0 Å². The molecular formula is C40H40N2O10. The molecule has 0 radical (unpaired) electrons. The Hall–Kier alpha value is -6.53. The smallest absolute Gasteiger partial charge is 0.414 e. The Morgan fingerprint density at radius 1 is 0.692 bits per heavy atom. The van der Waals surface area contributed by atoms with Crippen LogP contribution in [0.15, 0.2) is 122 Å². The fraction of sp³-hybridized carbons (Fsp3) is 0.175. The van der Waals surface area contributed by atoms with E-state index in [2.05, 4.69) is 17.9 Å². The second kappa shape index (κ2) is 20.9. The van der Waals surface area contributed by atoms with Gasteiger partial charge in [-0.1, -0.05) is 78.9 Å². The maximum Gasteiger partial charge on any atom is 0.414 e. The Balaban J connectivity index is 0.000000280. The first-order valence-electron chi connectivity index (χ1n) is 15.9. The van der Waals surface area contributed by atoms with Crippen LogP contribution in [0.3, 0.4) is 0 Å². The van der Waals surface area contributed by atoms with Gasteiger partial charge in [0.15, 0.2) is 0 Å². The van der Waals surface area contributed by atoms with Crippen molar-refractivity contribution in [2.24, 2.45) is 0 Å². The van der Waals surface area contributed by atoms with Gasteiger partial charge in [-0.15, -0.1) is 13.2 Å². The van der Waals surface area contributed by atoms with Gasteiger partial charge in [0.2, 0.25) is 0 Å². The first-order valence-corrected chi connectivity index (χ1v) is 15.9. The Kier molecular flexibility index (Phi) is 16.0. The number of rotatable bonds is 14. The molecule has 0 atom stereocenters. The highest BCUT2D eigenvalue weighted by molar-refractivity contribution is 5.97. The molecule has 0 aromatic heterocycles. The van der Waals surface area contributed by atoms with E-state index in [1.165, 1.54) is 60.4 Å². The zero-order valence-corrected chi connectivity index (χ0v) is 28.9. The van der Waals surface area contributed by atoms with Crippen molar-refractivity contribution in [3.63, 3.8) is 0 Å². The highest BCUT2D eigenvalue weighted by atomic mass is 16.6. The molecule has 4 aromatic carbocycles. The molecular weight excluding hydrogens is 668 g/mol. The van der Waals surface area contributed by atoms with Crippen LogP contribution in [0, 0.1) is 0 Å². The number of nitrogens with zero attached hydrogens (tertiary/aromatic N) is 2. The number of ether oxygens (including phenoxy) is 4. The summed E-state index contributed by atoms with van der Waals surface area (Å²) in [6.45, 7) is 7.37. The highest BCUT2D eigenvalue weighted by Crippen LogP contribution is 2.26. The molecule has 2 amide bonds. The zero-order chi connectivity index (χ0) is 37.9. The fourth-order valence-corrected chi connectivity index (χ4v) is 4.80. The van der Waals surface area contributed by atoms with Gasteiger partial charge in [-0.3, -0.25) is 14.6 Å². The van der Waals surface area contributed by atoms with Crippen LogP contribution in [0.1, 0.15) is 47.8 Å². The quantitative estimate of drug-likeness (QED) is 0.0634. The number of aliphatic hydroxyl groups excluding tert-OH is 1. The van der Waals surface area contributed by atoms with Crippen molar-refractivity contribution in [2.45, 2.75) is 19.8 Å². The van der Waals surface area contributed by atoms with Crippen molar-refractivity contribution >= 4 is 41.8 Å². The Labute approximate surface area is 302 Å². The van der Waals surface area contributed by atoms with E-state index in [9.17, 15) is 29.1 Å². The summed E-state index contributed by atoms with van der Waals surface area (Å²) >= 11 is 0. The molecule has 4 rings (SSSR count). The number of esters is 2. The molecule has 0 unspecified atom stereocenters. The van der Waals surface area contributed by atoms with Gasteiger partial charge < -0.3 is 24.1 Å². The maximum absolute atomic E-state index is 12.6. The lowest BCUT2D eigenvalue weighted by molar-refractivity contribution is 0.0590. The molecule has 12 nitrogen and oxygen atoms in total. The fourth-order valence-electron chi connectivity index (χ4n) is 4.80. The molecule has 0 heterocycles. The van der Waals surface area contributed by atoms with E-state index >= 15 is 0 Å². The van der Waals surface area contributed by atoms with E-state index in [1.54, 1.807) is 12.1 Å². The number of hydrogen-bond acceptors (Lipinski definition) is 10. The summed E-state index contributed by atoms with van der Waals surface area (Å²) in [5.41, 5.74) is 3.29. The predicted molar refractivity (Wildman–Crippen MR) is 195 cm³/mol. The summed E-state index contributed by atoms with van der Waals surface area (Å²) in [5, 5.41) is 9.74. The molecule has 270 valence electrons. The van der Waals surface area contributed by atoms with Crippen molar-refractivity contribution in [2.75, 3.05) is 37.1 Å². The summed E-state index contributed by atoms with van der Waals surface area (Å²) < 4.78 is 20.1. The number of anilines is 2. The van der Waals surface area contributed by atoms with Crippen LogP contribution >= 0.6 is 0 Å². The molecule has 0 bridgehead atoms. The minimum Gasteiger partial charge on any atom is -0.465 e. The molecule has 1 N–H and O–H groups in total. The molecule has 0 fully saturated rings. The first-order chi connectivity index (χ1) is 25.2. The average molecular weight is 709 g/mol. The van der Waals surface area contributed by atoms with Crippen LogP contribution in [0.4, 0.5) is 21.0 Å². The van der Waals surface area contributed by atoms with Crippen molar-refractivity contribution in [1.82, 2.24) is 0 Å². The topological polar surface area (TPSA) is 149 Å². The van der Waals surface area contributed by atoms with E-state index in [0.717, 1.165) is 11.1 Å². The number of carbonyl (C=O) groups excluding carboxylic acids is 5. The van der Waals surface area contributed by atoms with Crippen molar-refractivity contribution < 1.29 is 48.0 Å². The van der Waals surface area contributed by atoms with Gasteiger partial charge in [0, 0.05) is 29.9 Å². The number of aliphatic hydroxyl groups is 1. The van der Waals surface area contributed by atoms with Crippen LogP contribution < -0.4 is 9.80 Å². The SMILES string of the molecule is C=CCN(C(=O)OCc1ccccc1)c1cc(C=O)cc(C(=O)OC)c1.C=CCN(C(=O)OCc1ccccc1)c1cccc(C(=O)OC)c1CO. The summed E-state index contributed by atoms with van der Waals surface area (Å²) in [6.07, 6.45) is 2.43. The lowest BCUT2D eigenvalue weighted by Crippen LogP contribution is -2.33. The summed E-state index contributed by atoms with van der Waals surface area (Å²) in [4.78, 5) is 62.6. The lowest BCUT2D eigenvalue weighted by atomic mass is 10.0. The number of amides is 2. The number of aldehydes is 1. The van der Waals surface area contributed by atoms with Gasteiger partial charge in [0.05, 0.1) is 37.6 Å². The third-order valence-corrected chi connectivity index (χ3v) is 7.29. The average Bonchev–Trinajstić information content (AvgIpc) is 3.19. The van der Waals surface area contributed by atoms with E-state index in [-0.39, 0.29) is 48.6 Å². The Morgan fingerprint density at radius 3 is 1.73 bits per heavy atom. The van der Waals surface area contributed by atoms with E-state index in [1.807, 2.05) is 60.7 Å². The molecule has 52 heavy (non-hydrogen) atoms. The van der Waals surface area contributed by atoms with Gasteiger partial charge in [0.25, 0.3) is 0 Å². The van der Waals surface area contributed by atoms with E-state index in [4.69, 9.17) is 14.2 Å². The van der Waals surface area contributed by atoms with Gasteiger partial charge in [-0.2, -0.15) is 0 Å². The number of hydrogen-bond donors (Lipinski definition) is 1. The predicted octanol–water partition coefficient (Wildman–Crippen LogP) is 6.91. The van der Waals surface area contributed by atoms with E-state index in [0.29, 0.717) is 17.7 Å². The van der Waals surface area contributed by atoms with Crippen LogP contribution in [0.25, 0.3) is 0 Å².